The number of para-hydroxylation sites is 1. The number of fused-ring (bicyclic) bond motifs is 1. The van der Waals surface area contributed by atoms with Gasteiger partial charge in [0.05, 0.1) is 28.5 Å². The molecule has 0 bridgehead atoms. The minimum Gasteiger partial charge on any atom is -0.454 e. The molecule has 0 spiro atoms. The van der Waals surface area contributed by atoms with E-state index in [4.69, 9.17) is 9.47 Å². The van der Waals surface area contributed by atoms with Crippen LogP contribution < -0.4 is 20.1 Å². The predicted molar refractivity (Wildman–Crippen MR) is 158 cm³/mol. The van der Waals surface area contributed by atoms with E-state index >= 15 is 0 Å². The Labute approximate surface area is 291 Å². The summed E-state index contributed by atoms with van der Waals surface area (Å²) >= 11 is 0. The monoisotopic (exact) mass is 799 g/mol. The Balaban J connectivity index is 0.00000552. The smallest absolute Gasteiger partial charge is 0.418 e. The van der Waals surface area contributed by atoms with Crippen LogP contribution >= 0.6 is 0 Å². The fourth-order valence-corrected chi connectivity index (χ4v) is 6.37. The molecule has 0 unspecified atom stereocenters. The third kappa shape index (κ3) is 10.2. The van der Waals surface area contributed by atoms with Crippen molar-refractivity contribution >= 4 is 21.6 Å². The third-order valence-corrected chi connectivity index (χ3v) is 8.67. The Bertz CT molecular complexity index is 1530. The first-order valence-electron chi connectivity index (χ1n) is 14.0. The minimum atomic E-state index is -4.57. The van der Waals surface area contributed by atoms with Gasteiger partial charge in [0.25, 0.3) is 0 Å². The second kappa shape index (κ2) is 16.2. The summed E-state index contributed by atoms with van der Waals surface area (Å²) in [6.07, 6.45) is -4.60. The Hall–Kier alpha value is -2.68. The standard InChI is InChI=1S/C31H35F3N3O6S.Ho/c1-21(2)18-37(44(40,41)23-12-13-28-29(17-23)43-20-42-28)19-27(38)26(16-22-8-4-3-5-9-22)36-30(39)14-15-35-25-11-7-6-10-24(25)31(32,33)34;/h3-14,17,21,26-27,35,38H,15-16,18-20H2,1-2H3,(H,36,39);/q-1;/t26-,27+;/m0./s1. The maximum atomic E-state index is 13.7. The van der Waals surface area contributed by atoms with Gasteiger partial charge in [-0.2, -0.15) is 17.5 Å². The SMILES string of the molecule is CC(C)CN(C[C@@H](O)[C@H](Cc1ccccc1)NC(=O)[CH-]CNc1ccccc1C(F)(F)F)S(=O)(=O)c1ccc2c(c1)OCO2.[Ho]. The van der Waals surface area contributed by atoms with Gasteiger partial charge in [0.1, 0.15) is 0 Å². The van der Waals surface area contributed by atoms with Gasteiger partial charge in [-0.1, -0.05) is 62.9 Å². The van der Waals surface area contributed by atoms with Crippen LogP contribution in [0.2, 0.25) is 0 Å². The maximum absolute atomic E-state index is 13.7. The van der Waals surface area contributed by atoms with Gasteiger partial charge in [-0.05, 0) is 42.2 Å². The summed E-state index contributed by atoms with van der Waals surface area (Å²) in [6, 6.07) is 17.3. The van der Waals surface area contributed by atoms with Crippen LogP contribution in [0.25, 0.3) is 0 Å². The maximum Gasteiger partial charge on any atom is 0.418 e. The fourth-order valence-electron chi connectivity index (χ4n) is 4.73. The van der Waals surface area contributed by atoms with Crippen molar-refractivity contribution in [3.8, 4) is 11.5 Å². The molecule has 3 N–H and O–H groups in total. The van der Waals surface area contributed by atoms with Crippen LogP contribution in [0.3, 0.4) is 0 Å². The molecule has 249 valence electrons. The second-order valence-electron chi connectivity index (χ2n) is 10.7. The molecule has 45 heavy (non-hydrogen) atoms. The van der Waals surface area contributed by atoms with Crippen molar-refractivity contribution in [1.82, 2.24) is 9.62 Å². The second-order valence-corrected chi connectivity index (χ2v) is 12.7. The number of halogens is 3. The van der Waals surface area contributed by atoms with Crippen molar-refractivity contribution in [3.63, 3.8) is 0 Å². The molecule has 9 nitrogen and oxygen atoms in total. The largest absolute Gasteiger partial charge is 0.454 e. The average Bonchev–Trinajstić information content (AvgIpc) is 3.45. The molecular weight excluding hydrogens is 764 g/mol. The number of sulfonamides is 1. The Morgan fingerprint density at radius 2 is 1.67 bits per heavy atom. The van der Waals surface area contributed by atoms with Crippen LogP contribution in [0.1, 0.15) is 25.0 Å². The zero-order valence-electron chi connectivity index (χ0n) is 24.6. The molecule has 1 amide bonds. The van der Waals surface area contributed by atoms with Crippen LogP contribution in [-0.4, -0.2) is 62.3 Å². The molecule has 14 heteroatoms. The molecular formula is C31H35F3HoN3O6S-. The van der Waals surface area contributed by atoms with Crippen molar-refractivity contribution in [2.45, 2.75) is 43.5 Å². The van der Waals surface area contributed by atoms with Gasteiger partial charge in [-0.3, -0.25) is 6.42 Å². The van der Waals surface area contributed by atoms with Crippen LogP contribution in [-0.2, 0) is 27.4 Å². The van der Waals surface area contributed by atoms with E-state index in [0.29, 0.717) is 11.5 Å². The van der Waals surface area contributed by atoms with E-state index in [0.717, 1.165) is 18.1 Å². The zero-order chi connectivity index (χ0) is 31.9. The van der Waals surface area contributed by atoms with Crippen molar-refractivity contribution < 1.29 is 78.7 Å². The summed E-state index contributed by atoms with van der Waals surface area (Å²) in [6.45, 7) is 3.21. The first-order chi connectivity index (χ1) is 20.8. The van der Waals surface area contributed by atoms with Gasteiger partial charge in [0, 0.05) is 62.6 Å². The number of anilines is 1. The van der Waals surface area contributed by atoms with E-state index in [2.05, 4.69) is 10.6 Å². The number of carbonyl (C=O) groups excluding carboxylic acids is 1. The van der Waals surface area contributed by atoms with E-state index in [1.54, 1.807) is 24.3 Å². The number of benzene rings is 3. The van der Waals surface area contributed by atoms with Crippen molar-refractivity contribution in [2.24, 2.45) is 5.92 Å². The van der Waals surface area contributed by atoms with Crippen molar-refractivity contribution in [1.29, 1.82) is 0 Å². The zero-order valence-corrected chi connectivity index (χ0v) is 27.3. The fraction of sp³-hybridized carbons (Fsp3) is 0.355. The quantitative estimate of drug-likeness (QED) is 0.163. The first-order valence-corrected chi connectivity index (χ1v) is 15.4. The summed E-state index contributed by atoms with van der Waals surface area (Å²) in [7, 11) is -4.09. The molecule has 3 aromatic carbocycles. The molecule has 0 aromatic heterocycles. The molecule has 1 aliphatic heterocycles. The number of nitrogens with zero attached hydrogens (tertiary/aromatic N) is 1. The molecule has 0 saturated heterocycles. The summed E-state index contributed by atoms with van der Waals surface area (Å²) < 4.78 is 79.2. The number of aliphatic hydroxyl groups excluding tert-OH is 1. The summed E-state index contributed by atoms with van der Waals surface area (Å²) in [5, 5.41) is 16.7. The number of nitrogens with one attached hydrogen (secondary N) is 2. The minimum absolute atomic E-state index is 0. The van der Waals surface area contributed by atoms with E-state index in [9.17, 15) is 31.5 Å². The molecule has 0 fully saturated rings. The summed E-state index contributed by atoms with van der Waals surface area (Å²) in [4.78, 5) is 12.9. The number of carbonyl (C=O) groups is 1. The number of rotatable bonds is 14. The van der Waals surface area contributed by atoms with Crippen LogP contribution in [0, 0.1) is 50.1 Å². The van der Waals surface area contributed by atoms with Crippen LogP contribution in [0.15, 0.2) is 77.7 Å². The number of aliphatic hydroxyl groups is 1. The average molecular weight is 800 g/mol. The molecule has 4 rings (SSSR count). The molecule has 1 heterocycles. The Kier molecular flexibility index (Phi) is 13.3. The number of alkyl halides is 3. The molecule has 0 saturated carbocycles. The van der Waals surface area contributed by atoms with E-state index in [1.807, 2.05) is 19.9 Å². The molecule has 1 aliphatic rings. The van der Waals surface area contributed by atoms with Crippen LogP contribution in [0.5, 0.6) is 11.5 Å². The molecule has 1 radical (unpaired) electrons. The van der Waals surface area contributed by atoms with Crippen molar-refractivity contribution in [2.75, 3.05) is 31.7 Å². The number of hydrogen-bond donors (Lipinski definition) is 3. The van der Waals surface area contributed by atoms with Gasteiger partial charge in [0.2, 0.25) is 16.8 Å². The van der Waals surface area contributed by atoms with Gasteiger partial charge in [-0.15, -0.1) is 0 Å². The van der Waals surface area contributed by atoms with E-state index in [1.165, 1.54) is 40.7 Å². The normalized spacial score (nSPS) is 14.0. The molecule has 0 aliphatic carbocycles. The van der Waals surface area contributed by atoms with Gasteiger partial charge < -0.3 is 30.0 Å². The Morgan fingerprint density at radius 3 is 2.36 bits per heavy atom. The van der Waals surface area contributed by atoms with Gasteiger partial charge in [-0.25, -0.2) is 8.42 Å². The van der Waals surface area contributed by atoms with E-state index in [-0.39, 0.29) is 87.1 Å². The third-order valence-electron chi connectivity index (χ3n) is 6.84. The molecule has 3 aromatic rings. The first kappa shape index (κ1) is 36.8. The topological polar surface area (TPSA) is 117 Å². The predicted octanol–water partition coefficient (Wildman–Crippen LogP) is 4.49. The number of amides is 1. The van der Waals surface area contributed by atoms with Gasteiger partial charge in [0.15, 0.2) is 11.5 Å². The Morgan fingerprint density at radius 1 is 1.00 bits per heavy atom. The van der Waals surface area contributed by atoms with Crippen LogP contribution in [0.4, 0.5) is 18.9 Å². The number of hydrogen-bond acceptors (Lipinski definition) is 7. The number of ether oxygens (including phenoxy) is 2. The molecule has 2 atom stereocenters. The summed E-state index contributed by atoms with van der Waals surface area (Å²) in [5.74, 6) is -0.00634. The van der Waals surface area contributed by atoms with Crippen molar-refractivity contribution in [3.05, 3.63) is 90.3 Å². The van der Waals surface area contributed by atoms with Gasteiger partial charge >= 0.3 is 6.18 Å². The van der Waals surface area contributed by atoms with E-state index < -0.39 is 39.8 Å². The summed E-state index contributed by atoms with van der Waals surface area (Å²) in [5.41, 5.74) is -0.258.